The standard InChI is InChI=1S/C24H41NO2.C2H6/c1-7-12-22(18(4)14-11-13-17(2)3)19(5)24(27)25-20(6)23(26)21-15-9-8-10-16-21;1-2/h8-10,15-20,22-23,26H,7,11-14H2,1-6H3,(H,25,27);1-2H3/t18?,19?,20?,22-,23?;/m0./s1. The number of benzene rings is 1. The number of rotatable bonds is 12. The van der Waals surface area contributed by atoms with Gasteiger partial charge in [0, 0.05) is 5.92 Å². The Hall–Kier alpha value is -1.35. The van der Waals surface area contributed by atoms with Crippen molar-refractivity contribution in [3.05, 3.63) is 35.9 Å². The van der Waals surface area contributed by atoms with Crippen LogP contribution in [-0.4, -0.2) is 17.1 Å². The van der Waals surface area contributed by atoms with Crippen LogP contribution in [0.15, 0.2) is 30.3 Å². The van der Waals surface area contributed by atoms with Crippen molar-refractivity contribution >= 4 is 5.91 Å². The summed E-state index contributed by atoms with van der Waals surface area (Å²) in [6.07, 6.45) is 5.16. The summed E-state index contributed by atoms with van der Waals surface area (Å²) in [6, 6.07) is 9.23. The molecule has 29 heavy (non-hydrogen) atoms. The van der Waals surface area contributed by atoms with E-state index in [2.05, 4.69) is 39.9 Å². The Morgan fingerprint density at radius 2 is 1.55 bits per heavy atom. The average molecular weight is 406 g/mol. The van der Waals surface area contributed by atoms with Crippen molar-refractivity contribution in [3.8, 4) is 0 Å². The minimum atomic E-state index is -0.685. The fourth-order valence-corrected chi connectivity index (χ4v) is 3.99. The summed E-state index contributed by atoms with van der Waals surface area (Å²) in [6.45, 7) is 17.0. The van der Waals surface area contributed by atoms with E-state index in [9.17, 15) is 9.90 Å². The first-order chi connectivity index (χ1) is 13.8. The van der Waals surface area contributed by atoms with E-state index in [0.717, 1.165) is 24.3 Å². The molecule has 5 atom stereocenters. The van der Waals surface area contributed by atoms with Crippen molar-refractivity contribution in [2.75, 3.05) is 0 Å². The number of carbonyl (C=O) groups excluding carboxylic acids is 1. The molecule has 4 unspecified atom stereocenters. The Morgan fingerprint density at radius 1 is 0.966 bits per heavy atom. The molecule has 1 aromatic rings. The SMILES string of the molecule is CC.CCC[C@@H](C(C)CCCC(C)C)C(C)C(=O)NC(C)C(O)c1ccccc1. The summed E-state index contributed by atoms with van der Waals surface area (Å²) < 4.78 is 0. The molecule has 0 aliphatic carbocycles. The van der Waals surface area contributed by atoms with E-state index in [1.165, 1.54) is 19.3 Å². The number of amides is 1. The van der Waals surface area contributed by atoms with Gasteiger partial charge in [0.05, 0.1) is 12.1 Å². The van der Waals surface area contributed by atoms with Crippen LogP contribution in [0, 0.1) is 23.7 Å². The minimum Gasteiger partial charge on any atom is -0.386 e. The molecule has 0 bridgehead atoms. The molecule has 0 fully saturated rings. The third-order valence-electron chi connectivity index (χ3n) is 5.83. The predicted octanol–water partition coefficient (Wildman–Crippen LogP) is 6.77. The molecule has 0 aliphatic heterocycles. The molecule has 3 nitrogen and oxygen atoms in total. The van der Waals surface area contributed by atoms with E-state index < -0.39 is 6.10 Å². The Balaban J connectivity index is 0.00000379. The molecular formula is C26H47NO2. The molecule has 0 saturated carbocycles. The lowest BCUT2D eigenvalue weighted by Gasteiger charge is -2.31. The highest BCUT2D eigenvalue weighted by Gasteiger charge is 2.29. The molecule has 1 aromatic carbocycles. The van der Waals surface area contributed by atoms with Crippen LogP contribution in [0.25, 0.3) is 0 Å². The van der Waals surface area contributed by atoms with Gasteiger partial charge in [-0.05, 0) is 36.7 Å². The third-order valence-corrected chi connectivity index (χ3v) is 5.83. The van der Waals surface area contributed by atoms with Gasteiger partial charge in [-0.1, -0.05) is 104 Å². The van der Waals surface area contributed by atoms with Crippen LogP contribution in [0.3, 0.4) is 0 Å². The molecule has 0 heterocycles. The van der Waals surface area contributed by atoms with Crippen LogP contribution in [0.5, 0.6) is 0 Å². The van der Waals surface area contributed by atoms with Gasteiger partial charge >= 0.3 is 0 Å². The van der Waals surface area contributed by atoms with Crippen molar-refractivity contribution < 1.29 is 9.90 Å². The normalized spacial score (nSPS) is 16.2. The van der Waals surface area contributed by atoms with Gasteiger partial charge in [0.1, 0.15) is 0 Å². The summed E-state index contributed by atoms with van der Waals surface area (Å²) in [5.41, 5.74) is 0.838. The van der Waals surface area contributed by atoms with E-state index in [1.807, 2.05) is 51.1 Å². The van der Waals surface area contributed by atoms with Gasteiger partial charge in [0.15, 0.2) is 0 Å². The summed E-state index contributed by atoms with van der Waals surface area (Å²) in [4.78, 5) is 12.9. The van der Waals surface area contributed by atoms with Crippen molar-refractivity contribution in [1.29, 1.82) is 0 Å². The monoisotopic (exact) mass is 405 g/mol. The van der Waals surface area contributed by atoms with Crippen molar-refractivity contribution in [3.63, 3.8) is 0 Å². The largest absolute Gasteiger partial charge is 0.386 e. The first-order valence-electron chi connectivity index (χ1n) is 11.8. The van der Waals surface area contributed by atoms with Crippen molar-refractivity contribution in [2.45, 2.75) is 99.6 Å². The lowest BCUT2D eigenvalue weighted by molar-refractivity contribution is -0.128. The maximum absolute atomic E-state index is 12.9. The molecule has 1 rings (SSSR count). The van der Waals surface area contributed by atoms with Gasteiger partial charge in [-0.2, -0.15) is 0 Å². The maximum Gasteiger partial charge on any atom is 0.223 e. The molecule has 168 valence electrons. The van der Waals surface area contributed by atoms with E-state index in [1.54, 1.807) is 0 Å². The number of hydrogen-bond acceptors (Lipinski definition) is 2. The molecule has 0 radical (unpaired) electrons. The van der Waals surface area contributed by atoms with Gasteiger partial charge in [0.25, 0.3) is 0 Å². The lowest BCUT2D eigenvalue weighted by atomic mass is 9.77. The molecule has 0 aliphatic rings. The number of hydrogen-bond donors (Lipinski definition) is 2. The zero-order valence-corrected chi connectivity index (χ0v) is 20.2. The van der Waals surface area contributed by atoms with Crippen molar-refractivity contribution in [1.82, 2.24) is 5.32 Å². The molecular weight excluding hydrogens is 358 g/mol. The molecule has 3 heteroatoms. The Labute approximate surface area is 180 Å². The van der Waals surface area contributed by atoms with Crippen LogP contribution in [0.1, 0.15) is 99.2 Å². The highest BCUT2D eigenvalue weighted by molar-refractivity contribution is 5.79. The fourth-order valence-electron chi connectivity index (χ4n) is 3.99. The van der Waals surface area contributed by atoms with Crippen LogP contribution in [0.4, 0.5) is 0 Å². The molecule has 0 spiro atoms. The quantitative estimate of drug-likeness (QED) is 0.403. The zero-order valence-electron chi connectivity index (χ0n) is 20.2. The summed E-state index contributed by atoms with van der Waals surface area (Å²) in [5.74, 6) is 1.70. The highest BCUT2D eigenvalue weighted by atomic mass is 16.3. The van der Waals surface area contributed by atoms with E-state index in [0.29, 0.717) is 11.8 Å². The first kappa shape index (κ1) is 27.6. The maximum atomic E-state index is 12.9. The molecule has 0 aromatic heterocycles. The zero-order chi connectivity index (χ0) is 22.4. The highest BCUT2D eigenvalue weighted by Crippen LogP contribution is 2.30. The number of carbonyl (C=O) groups is 1. The Morgan fingerprint density at radius 3 is 2.07 bits per heavy atom. The fraction of sp³-hybridized carbons (Fsp3) is 0.731. The minimum absolute atomic E-state index is 0.0376. The predicted molar refractivity (Wildman–Crippen MR) is 126 cm³/mol. The van der Waals surface area contributed by atoms with Gasteiger partial charge in [-0.3, -0.25) is 4.79 Å². The number of aliphatic hydroxyl groups excluding tert-OH is 1. The number of aliphatic hydroxyl groups is 1. The van der Waals surface area contributed by atoms with Gasteiger partial charge in [-0.25, -0.2) is 0 Å². The second kappa shape index (κ2) is 15.5. The second-order valence-corrected chi connectivity index (χ2v) is 8.70. The molecule has 2 N–H and O–H groups in total. The molecule has 0 saturated heterocycles. The Bertz CT molecular complexity index is 529. The van der Waals surface area contributed by atoms with E-state index in [4.69, 9.17) is 0 Å². The number of nitrogens with one attached hydrogen (secondary N) is 1. The van der Waals surface area contributed by atoms with Gasteiger partial charge in [0.2, 0.25) is 5.91 Å². The second-order valence-electron chi connectivity index (χ2n) is 8.70. The molecule has 1 amide bonds. The smallest absolute Gasteiger partial charge is 0.223 e. The van der Waals surface area contributed by atoms with Gasteiger partial charge < -0.3 is 10.4 Å². The summed E-state index contributed by atoms with van der Waals surface area (Å²) in [5, 5.41) is 13.6. The van der Waals surface area contributed by atoms with Crippen LogP contribution in [0.2, 0.25) is 0 Å². The van der Waals surface area contributed by atoms with Crippen LogP contribution >= 0.6 is 0 Å². The Kier molecular flexibility index (Phi) is 14.8. The third kappa shape index (κ3) is 10.3. The van der Waals surface area contributed by atoms with Crippen LogP contribution in [-0.2, 0) is 4.79 Å². The lowest BCUT2D eigenvalue weighted by Crippen LogP contribution is -2.42. The van der Waals surface area contributed by atoms with E-state index >= 15 is 0 Å². The van der Waals surface area contributed by atoms with Gasteiger partial charge in [-0.15, -0.1) is 0 Å². The summed E-state index contributed by atoms with van der Waals surface area (Å²) >= 11 is 0. The average Bonchev–Trinajstić information content (AvgIpc) is 2.72. The first-order valence-corrected chi connectivity index (χ1v) is 11.8. The topological polar surface area (TPSA) is 49.3 Å². The summed E-state index contributed by atoms with van der Waals surface area (Å²) in [7, 11) is 0. The van der Waals surface area contributed by atoms with Crippen molar-refractivity contribution in [2.24, 2.45) is 23.7 Å². The van der Waals surface area contributed by atoms with Crippen LogP contribution < -0.4 is 5.32 Å². The van der Waals surface area contributed by atoms with E-state index in [-0.39, 0.29) is 17.9 Å².